The smallest absolute Gasteiger partial charge is 0.229 e. The molecule has 1 heterocycles. The summed E-state index contributed by atoms with van der Waals surface area (Å²) in [6.45, 7) is 4.02. The molecule has 6 heteroatoms. The molecule has 22 heavy (non-hydrogen) atoms. The molecule has 1 aliphatic rings. The van der Waals surface area contributed by atoms with Crippen LogP contribution in [0.5, 0.6) is 0 Å². The Balaban J connectivity index is 2.10. The van der Waals surface area contributed by atoms with Gasteiger partial charge in [0, 0.05) is 36.3 Å². The molecule has 1 saturated heterocycles. The van der Waals surface area contributed by atoms with Gasteiger partial charge in [0.15, 0.2) is 0 Å². The number of para-hydroxylation sites is 1. The van der Waals surface area contributed by atoms with E-state index in [0.717, 1.165) is 10.2 Å². The third-order valence-electron chi connectivity index (χ3n) is 3.60. The van der Waals surface area contributed by atoms with Gasteiger partial charge in [0.1, 0.15) is 0 Å². The van der Waals surface area contributed by atoms with E-state index in [4.69, 9.17) is 0 Å². The van der Waals surface area contributed by atoms with Crippen LogP contribution in [0.15, 0.2) is 28.7 Å². The fraction of sp³-hybridized carbons (Fsp3) is 0.438. The second kappa shape index (κ2) is 7.05. The number of nitrogens with zero attached hydrogens (tertiary/aromatic N) is 2. The van der Waals surface area contributed by atoms with Crippen LogP contribution in [0.2, 0.25) is 0 Å². The molecule has 1 fully saturated rings. The van der Waals surface area contributed by atoms with Gasteiger partial charge in [-0.2, -0.15) is 0 Å². The third kappa shape index (κ3) is 3.55. The predicted molar refractivity (Wildman–Crippen MR) is 87.3 cm³/mol. The second-order valence-electron chi connectivity index (χ2n) is 5.50. The van der Waals surface area contributed by atoms with Gasteiger partial charge in [-0.3, -0.25) is 19.3 Å². The molecule has 0 aliphatic carbocycles. The summed E-state index contributed by atoms with van der Waals surface area (Å²) in [5.74, 6) is -0.473. The lowest BCUT2D eigenvalue weighted by Gasteiger charge is -2.28. The number of halogens is 1. The molecule has 0 unspecified atom stereocenters. The van der Waals surface area contributed by atoms with Crippen LogP contribution < -0.4 is 4.90 Å². The van der Waals surface area contributed by atoms with Crippen LogP contribution in [0.25, 0.3) is 0 Å². The highest BCUT2D eigenvalue weighted by atomic mass is 79.9. The van der Waals surface area contributed by atoms with Crippen LogP contribution in [0, 0.1) is 0 Å². The summed E-state index contributed by atoms with van der Waals surface area (Å²) in [6, 6.07) is 7.49. The van der Waals surface area contributed by atoms with Crippen LogP contribution >= 0.6 is 15.9 Å². The summed E-state index contributed by atoms with van der Waals surface area (Å²) in [4.78, 5) is 38.6. The van der Waals surface area contributed by atoms with Gasteiger partial charge < -0.3 is 4.90 Å². The summed E-state index contributed by atoms with van der Waals surface area (Å²) < 4.78 is 0.838. The van der Waals surface area contributed by atoms with Crippen LogP contribution in [0.3, 0.4) is 0 Å². The highest BCUT2D eigenvalue weighted by Crippen LogP contribution is 2.28. The van der Waals surface area contributed by atoms with Crippen molar-refractivity contribution in [3.8, 4) is 0 Å². The maximum atomic E-state index is 12.6. The number of carbonyl (C=O) groups is 3. The average molecular weight is 367 g/mol. The summed E-state index contributed by atoms with van der Waals surface area (Å²) in [5.41, 5.74) is 0.793. The first kappa shape index (κ1) is 16.7. The molecular weight excluding hydrogens is 348 g/mol. The second-order valence-corrected chi connectivity index (χ2v) is 6.35. The number of likely N-dealkylation sites (tertiary alicyclic amines) is 1. The molecule has 0 radical (unpaired) electrons. The van der Waals surface area contributed by atoms with Gasteiger partial charge in [-0.05, 0) is 41.9 Å². The zero-order valence-corrected chi connectivity index (χ0v) is 14.3. The number of benzene rings is 1. The summed E-state index contributed by atoms with van der Waals surface area (Å²) in [6.07, 6.45) is 0.646. The van der Waals surface area contributed by atoms with E-state index in [-0.39, 0.29) is 49.6 Å². The maximum absolute atomic E-state index is 12.6. The number of rotatable bonds is 5. The highest BCUT2D eigenvalue weighted by molar-refractivity contribution is 9.10. The molecule has 0 saturated carbocycles. The number of carbonyl (C=O) groups excluding carboxylic acids is 3. The van der Waals surface area contributed by atoms with Crippen molar-refractivity contribution in [2.24, 2.45) is 0 Å². The molecular formula is C16H19BrN2O3. The van der Waals surface area contributed by atoms with Gasteiger partial charge in [-0.25, -0.2) is 0 Å². The molecule has 0 aromatic heterocycles. The lowest BCUT2D eigenvalue weighted by atomic mass is 10.2. The van der Waals surface area contributed by atoms with E-state index in [0.29, 0.717) is 0 Å². The molecule has 1 aromatic carbocycles. The molecule has 0 bridgehead atoms. The zero-order valence-electron chi connectivity index (χ0n) is 12.7. The molecule has 2 rings (SSSR count). The number of hydrogen-bond donors (Lipinski definition) is 0. The van der Waals surface area contributed by atoms with E-state index in [1.807, 2.05) is 38.1 Å². The zero-order chi connectivity index (χ0) is 16.3. The minimum atomic E-state index is -0.185. The first-order valence-corrected chi connectivity index (χ1v) is 8.11. The van der Waals surface area contributed by atoms with Crippen molar-refractivity contribution in [2.45, 2.75) is 39.2 Å². The van der Waals surface area contributed by atoms with Crippen molar-refractivity contribution in [3.63, 3.8) is 0 Å². The normalized spacial score (nSPS) is 14.8. The minimum Gasteiger partial charge on any atom is -0.309 e. The Labute approximate surface area is 138 Å². The third-order valence-corrected chi connectivity index (χ3v) is 4.27. The molecule has 5 nitrogen and oxygen atoms in total. The van der Waals surface area contributed by atoms with Crippen LogP contribution in [0.4, 0.5) is 5.69 Å². The van der Waals surface area contributed by atoms with Gasteiger partial charge in [0.2, 0.25) is 17.7 Å². The van der Waals surface area contributed by atoms with E-state index in [1.165, 1.54) is 4.90 Å². The Kier molecular flexibility index (Phi) is 5.34. The Morgan fingerprint density at radius 3 is 2.36 bits per heavy atom. The van der Waals surface area contributed by atoms with Gasteiger partial charge in [-0.1, -0.05) is 12.1 Å². The number of amides is 3. The van der Waals surface area contributed by atoms with Gasteiger partial charge in [0.05, 0.1) is 5.69 Å². The first-order chi connectivity index (χ1) is 10.4. The maximum Gasteiger partial charge on any atom is 0.229 e. The Hall–Kier alpha value is -1.69. The van der Waals surface area contributed by atoms with Crippen molar-refractivity contribution in [2.75, 3.05) is 11.4 Å². The summed E-state index contributed by atoms with van der Waals surface area (Å²) >= 11 is 3.46. The van der Waals surface area contributed by atoms with Crippen LogP contribution in [-0.4, -0.2) is 35.2 Å². The SMILES string of the molecule is CC(C)N(C(=O)CCN1C(=O)CCC1=O)c1ccccc1Br. The van der Waals surface area contributed by atoms with Crippen LogP contribution in [-0.2, 0) is 14.4 Å². The first-order valence-electron chi connectivity index (χ1n) is 7.31. The largest absolute Gasteiger partial charge is 0.309 e. The molecule has 0 N–H and O–H groups in total. The molecule has 1 aromatic rings. The molecule has 0 atom stereocenters. The fourth-order valence-electron chi connectivity index (χ4n) is 2.55. The van der Waals surface area contributed by atoms with Gasteiger partial charge in [-0.15, -0.1) is 0 Å². The lowest BCUT2D eigenvalue weighted by Crippen LogP contribution is -2.40. The van der Waals surface area contributed by atoms with Crippen molar-refractivity contribution in [1.82, 2.24) is 4.90 Å². The summed E-state index contributed by atoms with van der Waals surface area (Å²) in [7, 11) is 0. The average Bonchev–Trinajstić information content (AvgIpc) is 2.78. The quantitative estimate of drug-likeness (QED) is 0.752. The van der Waals surface area contributed by atoms with Gasteiger partial charge in [0.25, 0.3) is 0 Å². The minimum absolute atomic E-state index is 0.0174. The van der Waals surface area contributed by atoms with Crippen molar-refractivity contribution < 1.29 is 14.4 Å². The Morgan fingerprint density at radius 1 is 1.23 bits per heavy atom. The number of anilines is 1. The van der Waals surface area contributed by atoms with E-state index < -0.39 is 0 Å². The molecule has 0 spiro atoms. The van der Waals surface area contributed by atoms with Crippen molar-refractivity contribution >= 4 is 39.3 Å². The fourth-order valence-corrected chi connectivity index (χ4v) is 3.02. The number of hydrogen-bond acceptors (Lipinski definition) is 3. The standard InChI is InChI=1S/C16H19BrN2O3/c1-11(2)19(13-6-4-3-5-12(13)17)16(22)9-10-18-14(20)7-8-15(18)21/h3-6,11H,7-10H2,1-2H3. The topological polar surface area (TPSA) is 57.7 Å². The van der Waals surface area contributed by atoms with E-state index in [9.17, 15) is 14.4 Å². The van der Waals surface area contributed by atoms with Crippen LogP contribution in [0.1, 0.15) is 33.1 Å². The number of imide groups is 1. The monoisotopic (exact) mass is 366 g/mol. The summed E-state index contributed by atoms with van der Waals surface area (Å²) in [5, 5.41) is 0. The van der Waals surface area contributed by atoms with Crippen molar-refractivity contribution in [3.05, 3.63) is 28.7 Å². The lowest BCUT2D eigenvalue weighted by molar-refractivity contribution is -0.138. The van der Waals surface area contributed by atoms with Crippen molar-refractivity contribution in [1.29, 1.82) is 0 Å². The molecule has 1 aliphatic heterocycles. The molecule has 118 valence electrons. The van der Waals surface area contributed by atoms with E-state index in [2.05, 4.69) is 15.9 Å². The highest BCUT2D eigenvalue weighted by Gasteiger charge is 2.30. The predicted octanol–water partition coefficient (Wildman–Crippen LogP) is 2.73. The Bertz CT molecular complexity index is 585. The van der Waals surface area contributed by atoms with E-state index >= 15 is 0 Å². The van der Waals surface area contributed by atoms with Gasteiger partial charge >= 0.3 is 0 Å². The van der Waals surface area contributed by atoms with E-state index in [1.54, 1.807) is 4.90 Å². The Morgan fingerprint density at radius 2 is 1.82 bits per heavy atom. The molecule has 3 amide bonds.